The third kappa shape index (κ3) is 4.19. The van der Waals surface area contributed by atoms with E-state index in [4.69, 9.17) is 9.47 Å². The van der Waals surface area contributed by atoms with Gasteiger partial charge in [-0.25, -0.2) is 0 Å². The van der Waals surface area contributed by atoms with Crippen LogP contribution in [0, 0.1) is 0 Å². The minimum atomic E-state index is 0.648. The van der Waals surface area contributed by atoms with Crippen molar-refractivity contribution >= 4 is 15.0 Å². The molecule has 2 aliphatic rings. The summed E-state index contributed by atoms with van der Waals surface area (Å²) >= 11 is 0.648. The molecular formula is C12H24N2O2Se. The maximum absolute atomic E-state index is 5.41. The third-order valence-corrected chi connectivity index (χ3v) is 6.42. The molecule has 2 unspecified atom stereocenters. The van der Waals surface area contributed by atoms with E-state index in [0.717, 1.165) is 62.5 Å². The average molecular weight is 307 g/mol. The standard InChI is InChI=1S/C12H24N2O2Se/c1-11(13-3-7-15-8-4-13)17-12(2)14-5-9-16-10-6-14/h11-12H,3-10H2,1-2H3. The Balaban J connectivity index is 1.74. The summed E-state index contributed by atoms with van der Waals surface area (Å²) in [5.74, 6) is 0. The van der Waals surface area contributed by atoms with E-state index in [1.807, 2.05) is 0 Å². The molecule has 100 valence electrons. The molecule has 0 saturated carbocycles. The van der Waals surface area contributed by atoms with Gasteiger partial charge in [0.2, 0.25) is 0 Å². The Morgan fingerprint density at radius 2 is 1.12 bits per heavy atom. The molecule has 0 spiro atoms. The fraction of sp³-hybridized carbons (Fsp3) is 1.00. The summed E-state index contributed by atoms with van der Waals surface area (Å²) in [6.45, 7) is 12.8. The van der Waals surface area contributed by atoms with Gasteiger partial charge in [-0.05, 0) is 0 Å². The molecule has 4 nitrogen and oxygen atoms in total. The summed E-state index contributed by atoms with van der Waals surface area (Å²) in [5.41, 5.74) is 0. The van der Waals surface area contributed by atoms with Crippen LogP contribution in [0.2, 0.25) is 0 Å². The molecule has 0 amide bonds. The van der Waals surface area contributed by atoms with Crippen molar-refractivity contribution in [3.05, 3.63) is 0 Å². The summed E-state index contributed by atoms with van der Waals surface area (Å²) in [6, 6.07) is 0. The Kier molecular flexibility index (Phi) is 5.73. The zero-order valence-corrected chi connectivity index (χ0v) is 12.6. The summed E-state index contributed by atoms with van der Waals surface area (Å²) < 4.78 is 10.8. The molecular weight excluding hydrogens is 283 g/mol. The Hall–Kier alpha value is 0.359. The van der Waals surface area contributed by atoms with E-state index in [9.17, 15) is 0 Å². The van der Waals surface area contributed by atoms with E-state index in [2.05, 4.69) is 23.6 Å². The first-order chi connectivity index (χ1) is 8.27. The normalized spacial score (nSPS) is 27.9. The zero-order chi connectivity index (χ0) is 12.1. The molecule has 2 fully saturated rings. The van der Waals surface area contributed by atoms with E-state index in [0.29, 0.717) is 15.0 Å². The van der Waals surface area contributed by atoms with Crippen molar-refractivity contribution in [2.75, 3.05) is 52.6 Å². The van der Waals surface area contributed by atoms with Crippen LogP contribution in [0.15, 0.2) is 0 Å². The van der Waals surface area contributed by atoms with Crippen LogP contribution in [-0.2, 0) is 9.47 Å². The molecule has 0 radical (unpaired) electrons. The van der Waals surface area contributed by atoms with E-state index in [1.165, 1.54) is 0 Å². The van der Waals surface area contributed by atoms with Crippen LogP contribution in [0.4, 0.5) is 0 Å². The minimum absolute atomic E-state index is 0.648. The number of hydrogen-bond acceptors (Lipinski definition) is 4. The van der Waals surface area contributed by atoms with Crippen LogP contribution in [0.3, 0.4) is 0 Å². The van der Waals surface area contributed by atoms with Crippen LogP contribution in [-0.4, -0.2) is 87.2 Å². The van der Waals surface area contributed by atoms with Gasteiger partial charge in [-0.1, -0.05) is 0 Å². The van der Waals surface area contributed by atoms with E-state index >= 15 is 0 Å². The summed E-state index contributed by atoms with van der Waals surface area (Å²) in [7, 11) is 0. The second-order valence-electron chi connectivity index (χ2n) is 4.63. The summed E-state index contributed by atoms with van der Waals surface area (Å²) in [6.07, 6.45) is 0. The van der Waals surface area contributed by atoms with Crippen molar-refractivity contribution in [2.24, 2.45) is 0 Å². The van der Waals surface area contributed by atoms with E-state index in [1.54, 1.807) is 0 Å². The molecule has 0 aromatic heterocycles. The molecule has 2 rings (SSSR count). The molecule has 5 heteroatoms. The Morgan fingerprint density at radius 3 is 1.47 bits per heavy atom. The molecule has 0 bridgehead atoms. The van der Waals surface area contributed by atoms with Crippen LogP contribution >= 0.6 is 0 Å². The van der Waals surface area contributed by atoms with Crippen LogP contribution < -0.4 is 0 Å². The molecule has 2 heterocycles. The van der Waals surface area contributed by atoms with Gasteiger partial charge in [-0.3, -0.25) is 0 Å². The predicted molar refractivity (Wildman–Crippen MR) is 69.5 cm³/mol. The first-order valence-corrected chi connectivity index (χ1v) is 8.54. The molecule has 2 saturated heterocycles. The van der Waals surface area contributed by atoms with Gasteiger partial charge < -0.3 is 0 Å². The molecule has 0 N–H and O–H groups in total. The van der Waals surface area contributed by atoms with Crippen molar-refractivity contribution in [1.29, 1.82) is 0 Å². The van der Waals surface area contributed by atoms with Gasteiger partial charge in [0, 0.05) is 0 Å². The fourth-order valence-corrected chi connectivity index (χ4v) is 5.14. The molecule has 0 aliphatic carbocycles. The molecule has 0 aromatic carbocycles. The maximum atomic E-state index is 5.41. The predicted octanol–water partition coefficient (Wildman–Crippen LogP) is 0.0470. The summed E-state index contributed by atoms with van der Waals surface area (Å²) in [5, 5.41) is 0. The van der Waals surface area contributed by atoms with Crippen LogP contribution in [0.5, 0.6) is 0 Å². The second kappa shape index (κ2) is 7.07. The third-order valence-electron chi connectivity index (χ3n) is 3.51. The molecule has 2 atom stereocenters. The monoisotopic (exact) mass is 308 g/mol. The van der Waals surface area contributed by atoms with Crippen molar-refractivity contribution in [1.82, 2.24) is 9.80 Å². The van der Waals surface area contributed by atoms with Gasteiger partial charge in [0.1, 0.15) is 0 Å². The molecule has 2 aliphatic heterocycles. The topological polar surface area (TPSA) is 24.9 Å². The van der Waals surface area contributed by atoms with Gasteiger partial charge in [-0.15, -0.1) is 0 Å². The van der Waals surface area contributed by atoms with Crippen LogP contribution in [0.1, 0.15) is 13.8 Å². The number of nitrogens with zero attached hydrogens (tertiary/aromatic N) is 2. The average Bonchev–Trinajstić information content (AvgIpc) is 2.40. The van der Waals surface area contributed by atoms with Gasteiger partial charge in [0.05, 0.1) is 0 Å². The number of morpholine rings is 2. The number of ether oxygens (including phenoxy) is 2. The van der Waals surface area contributed by atoms with Crippen molar-refractivity contribution in [3.63, 3.8) is 0 Å². The Labute approximate surface area is 111 Å². The summed E-state index contributed by atoms with van der Waals surface area (Å²) in [4.78, 5) is 6.62. The van der Waals surface area contributed by atoms with Gasteiger partial charge in [0.15, 0.2) is 0 Å². The van der Waals surface area contributed by atoms with E-state index in [-0.39, 0.29) is 0 Å². The molecule has 0 aromatic rings. The van der Waals surface area contributed by atoms with Gasteiger partial charge in [0.25, 0.3) is 0 Å². The second-order valence-corrected chi connectivity index (χ2v) is 8.07. The van der Waals surface area contributed by atoms with Crippen molar-refractivity contribution in [2.45, 2.75) is 23.7 Å². The van der Waals surface area contributed by atoms with Crippen molar-refractivity contribution < 1.29 is 9.47 Å². The van der Waals surface area contributed by atoms with Crippen LogP contribution in [0.25, 0.3) is 0 Å². The first-order valence-electron chi connectivity index (χ1n) is 6.56. The Bertz CT molecular complexity index is 197. The zero-order valence-electron chi connectivity index (χ0n) is 10.9. The number of rotatable bonds is 4. The SMILES string of the molecule is CC([Se]C(C)N1CCOCC1)N1CCOCC1. The molecule has 17 heavy (non-hydrogen) atoms. The van der Waals surface area contributed by atoms with Crippen molar-refractivity contribution in [3.8, 4) is 0 Å². The Morgan fingerprint density at radius 1 is 0.765 bits per heavy atom. The number of hydrogen-bond donors (Lipinski definition) is 0. The quantitative estimate of drug-likeness (QED) is 0.685. The van der Waals surface area contributed by atoms with Gasteiger partial charge >= 0.3 is 111 Å². The van der Waals surface area contributed by atoms with Gasteiger partial charge in [-0.2, -0.15) is 0 Å². The van der Waals surface area contributed by atoms with E-state index < -0.39 is 0 Å². The first kappa shape index (κ1) is 13.8. The fourth-order valence-electron chi connectivity index (χ4n) is 2.34.